The molecule has 0 radical (unpaired) electrons. The molecule has 0 fully saturated rings. The predicted molar refractivity (Wildman–Crippen MR) is 86.0 cm³/mol. The van der Waals surface area contributed by atoms with E-state index in [2.05, 4.69) is 0 Å². The molecule has 0 aliphatic rings. The van der Waals surface area contributed by atoms with Crippen LogP contribution >= 0.6 is 11.6 Å². The average Bonchev–Trinajstić information content (AvgIpc) is 2.43. The van der Waals surface area contributed by atoms with Gasteiger partial charge < -0.3 is 0 Å². The van der Waals surface area contributed by atoms with Gasteiger partial charge in [0.15, 0.2) is 0 Å². The minimum absolute atomic E-state index is 0.245. The summed E-state index contributed by atoms with van der Waals surface area (Å²) in [6, 6.07) is 12.7. The van der Waals surface area contributed by atoms with E-state index in [0.717, 1.165) is 16.7 Å². The second-order valence-corrected chi connectivity index (χ2v) is 7.54. The fraction of sp³-hybridized carbons (Fsp3) is 0.250. The summed E-state index contributed by atoms with van der Waals surface area (Å²) < 4.78 is 26.7. The Hall–Kier alpha value is -1.36. The molecule has 3 nitrogen and oxygen atoms in total. The third-order valence-electron chi connectivity index (χ3n) is 3.38. The van der Waals surface area contributed by atoms with Crippen molar-refractivity contribution in [3.63, 3.8) is 0 Å². The van der Waals surface area contributed by atoms with Gasteiger partial charge in [0.1, 0.15) is 0 Å². The molecule has 0 N–H and O–H groups in total. The van der Waals surface area contributed by atoms with Gasteiger partial charge in [-0.1, -0.05) is 41.9 Å². The fourth-order valence-electron chi connectivity index (χ4n) is 2.10. The van der Waals surface area contributed by atoms with Gasteiger partial charge in [0, 0.05) is 18.6 Å². The predicted octanol–water partition coefficient (Wildman–Crippen LogP) is 3.78. The number of halogens is 1. The molecular weight excluding hydrogens is 306 g/mol. The first-order chi connectivity index (χ1) is 9.82. The highest BCUT2D eigenvalue weighted by atomic mass is 35.5. The molecule has 0 aromatic heterocycles. The second-order valence-electron chi connectivity index (χ2n) is 5.12. The SMILES string of the molecule is Cc1ccc(C)c(S(=O)(=O)N(C)Cc2ccccc2Cl)c1. The van der Waals surface area contributed by atoms with Crippen LogP contribution in [0.4, 0.5) is 0 Å². The molecule has 5 heteroatoms. The van der Waals surface area contributed by atoms with Crippen LogP contribution < -0.4 is 0 Å². The van der Waals surface area contributed by atoms with Crippen LogP contribution in [0.3, 0.4) is 0 Å². The van der Waals surface area contributed by atoms with E-state index < -0.39 is 10.0 Å². The molecule has 0 aliphatic heterocycles. The Balaban J connectivity index is 2.35. The monoisotopic (exact) mass is 323 g/mol. The number of hydrogen-bond acceptors (Lipinski definition) is 2. The Bertz CT molecular complexity index is 757. The Morgan fingerprint density at radius 2 is 1.76 bits per heavy atom. The first kappa shape index (κ1) is 16.0. The maximum absolute atomic E-state index is 12.7. The van der Waals surface area contributed by atoms with Crippen LogP contribution in [0.2, 0.25) is 5.02 Å². The van der Waals surface area contributed by atoms with Crippen LogP contribution in [0.15, 0.2) is 47.4 Å². The van der Waals surface area contributed by atoms with E-state index in [-0.39, 0.29) is 6.54 Å². The normalized spacial score (nSPS) is 11.9. The first-order valence-corrected chi connectivity index (χ1v) is 8.41. The summed E-state index contributed by atoms with van der Waals surface area (Å²) >= 11 is 6.10. The first-order valence-electron chi connectivity index (χ1n) is 6.59. The second kappa shape index (κ2) is 6.18. The largest absolute Gasteiger partial charge is 0.243 e. The van der Waals surface area contributed by atoms with Crippen LogP contribution in [0.25, 0.3) is 0 Å². The zero-order valence-electron chi connectivity index (χ0n) is 12.3. The summed E-state index contributed by atoms with van der Waals surface area (Å²) in [6.07, 6.45) is 0. The van der Waals surface area contributed by atoms with Gasteiger partial charge in [-0.15, -0.1) is 0 Å². The third kappa shape index (κ3) is 3.46. The summed E-state index contributed by atoms with van der Waals surface area (Å²) in [6.45, 7) is 3.93. The minimum atomic E-state index is -3.53. The van der Waals surface area contributed by atoms with Crippen LogP contribution in [-0.2, 0) is 16.6 Å². The molecule has 0 spiro atoms. The topological polar surface area (TPSA) is 37.4 Å². The summed E-state index contributed by atoms with van der Waals surface area (Å²) in [4.78, 5) is 0.344. The van der Waals surface area contributed by atoms with Crippen molar-refractivity contribution < 1.29 is 8.42 Å². The summed E-state index contributed by atoms with van der Waals surface area (Å²) in [5, 5.41) is 0.570. The molecule has 0 saturated carbocycles. The Morgan fingerprint density at radius 1 is 1.10 bits per heavy atom. The maximum Gasteiger partial charge on any atom is 0.243 e. The molecule has 0 aliphatic carbocycles. The fourth-order valence-corrected chi connectivity index (χ4v) is 3.75. The van der Waals surface area contributed by atoms with E-state index in [0.29, 0.717) is 9.92 Å². The lowest BCUT2D eigenvalue weighted by Crippen LogP contribution is -2.27. The summed E-state index contributed by atoms with van der Waals surface area (Å²) in [5.74, 6) is 0. The molecule has 0 heterocycles. The number of hydrogen-bond donors (Lipinski definition) is 0. The zero-order valence-corrected chi connectivity index (χ0v) is 13.9. The van der Waals surface area contributed by atoms with Gasteiger partial charge in [-0.3, -0.25) is 0 Å². The molecule has 2 rings (SSSR count). The van der Waals surface area contributed by atoms with Crippen molar-refractivity contribution in [3.05, 3.63) is 64.2 Å². The lowest BCUT2D eigenvalue weighted by molar-refractivity contribution is 0.466. The van der Waals surface area contributed by atoms with Gasteiger partial charge in [-0.2, -0.15) is 4.31 Å². The quantitative estimate of drug-likeness (QED) is 0.858. The molecule has 112 valence electrons. The molecule has 0 unspecified atom stereocenters. The van der Waals surface area contributed by atoms with Crippen molar-refractivity contribution in [3.8, 4) is 0 Å². The average molecular weight is 324 g/mol. The molecule has 0 saturated heterocycles. The molecule has 0 bridgehead atoms. The van der Waals surface area contributed by atoms with Crippen LogP contribution in [0.1, 0.15) is 16.7 Å². The van der Waals surface area contributed by atoms with Crippen LogP contribution in [0.5, 0.6) is 0 Å². The number of sulfonamides is 1. The Kier molecular flexibility index (Phi) is 4.71. The minimum Gasteiger partial charge on any atom is -0.207 e. The molecule has 2 aromatic rings. The maximum atomic E-state index is 12.7. The molecule has 0 amide bonds. The molecular formula is C16H18ClNO2S. The van der Waals surface area contributed by atoms with Gasteiger partial charge in [-0.05, 0) is 42.7 Å². The van der Waals surface area contributed by atoms with Gasteiger partial charge >= 0.3 is 0 Å². The van der Waals surface area contributed by atoms with E-state index >= 15 is 0 Å². The Morgan fingerprint density at radius 3 is 2.43 bits per heavy atom. The summed E-state index contributed by atoms with van der Waals surface area (Å²) in [7, 11) is -1.96. The van der Waals surface area contributed by atoms with Crippen molar-refractivity contribution in [2.75, 3.05) is 7.05 Å². The van der Waals surface area contributed by atoms with E-state index in [1.807, 2.05) is 37.3 Å². The van der Waals surface area contributed by atoms with Crippen molar-refractivity contribution in [1.29, 1.82) is 0 Å². The molecule has 2 aromatic carbocycles. The van der Waals surface area contributed by atoms with Crippen molar-refractivity contribution in [1.82, 2.24) is 4.31 Å². The number of rotatable bonds is 4. The van der Waals surface area contributed by atoms with Crippen molar-refractivity contribution in [2.24, 2.45) is 0 Å². The highest BCUT2D eigenvalue weighted by molar-refractivity contribution is 7.89. The third-order valence-corrected chi connectivity index (χ3v) is 5.70. The van der Waals surface area contributed by atoms with Gasteiger partial charge in [0.25, 0.3) is 0 Å². The number of benzene rings is 2. The van der Waals surface area contributed by atoms with E-state index in [1.54, 1.807) is 26.1 Å². The van der Waals surface area contributed by atoms with Crippen molar-refractivity contribution >= 4 is 21.6 Å². The van der Waals surface area contributed by atoms with Gasteiger partial charge in [-0.25, -0.2) is 8.42 Å². The van der Waals surface area contributed by atoms with Gasteiger partial charge in [0.2, 0.25) is 10.0 Å². The van der Waals surface area contributed by atoms with E-state index in [1.165, 1.54) is 4.31 Å². The van der Waals surface area contributed by atoms with Crippen LogP contribution in [0, 0.1) is 13.8 Å². The number of nitrogens with zero attached hydrogens (tertiary/aromatic N) is 1. The summed E-state index contributed by atoms with van der Waals surface area (Å²) in [5.41, 5.74) is 2.45. The zero-order chi connectivity index (χ0) is 15.6. The molecule has 21 heavy (non-hydrogen) atoms. The van der Waals surface area contributed by atoms with Gasteiger partial charge in [0.05, 0.1) is 4.90 Å². The molecule has 0 atom stereocenters. The van der Waals surface area contributed by atoms with Crippen molar-refractivity contribution in [2.45, 2.75) is 25.3 Å². The highest BCUT2D eigenvalue weighted by Gasteiger charge is 2.23. The standard InChI is InChI=1S/C16H18ClNO2S/c1-12-8-9-13(2)16(10-12)21(19,20)18(3)11-14-6-4-5-7-15(14)17/h4-10H,11H2,1-3H3. The lowest BCUT2D eigenvalue weighted by Gasteiger charge is -2.19. The number of aryl methyl sites for hydroxylation is 2. The Labute approximate surface area is 131 Å². The van der Waals surface area contributed by atoms with E-state index in [9.17, 15) is 8.42 Å². The van der Waals surface area contributed by atoms with E-state index in [4.69, 9.17) is 11.6 Å². The highest BCUT2D eigenvalue weighted by Crippen LogP contribution is 2.23. The smallest absolute Gasteiger partial charge is 0.207 e. The van der Waals surface area contributed by atoms with Crippen LogP contribution in [-0.4, -0.2) is 19.8 Å². The lowest BCUT2D eigenvalue weighted by atomic mass is 10.2.